The van der Waals surface area contributed by atoms with E-state index >= 15 is 0 Å². The van der Waals surface area contributed by atoms with Crippen molar-refractivity contribution in [3.63, 3.8) is 0 Å². The van der Waals surface area contributed by atoms with Crippen LogP contribution in [0.25, 0.3) is 10.9 Å². The molecule has 1 N–H and O–H groups in total. The van der Waals surface area contributed by atoms with Gasteiger partial charge in [-0.3, -0.25) is 4.79 Å². The average Bonchev–Trinajstić information content (AvgIpc) is 3.22. The number of aromatic amines is 1. The number of carbonyl (C=O) groups is 1. The fourth-order valence-corrected chi connectivity index (χ4v) is 5.21. The van der Waals surface area contributed by atoms with Crippen molar-refractivity contribution in [2.75, 3.05) is 26.7 Å². The van der Waals surface area contributed by atoms with E-state index in [0.29, 0.717) is 18.1 Å². The summed E-state index contributed by atoms with van der Waals surface area (Å²) in [6.45, 7) is 3.74. The van der Waals surface area contributed by atoms with Crippen LogP contribution < -0.4 is 4.74 Å². The number of rotatable bonds is 7. The Morgan fingerprint density at radius 3 is 2.61 bits per heavy atom. The number of ketones is 1. The Kier molecular flexibility index (Phi) is 6.36. The minimum Gasteiger partial charge on any atom is -0.495 e. The molecule has 1 aromatic carbocycles. The van der Waals surface area contributed by atoms with Crippen molar-refractivity contribution in [2.45, 2.75) is 57.8 Å². The summed E-state index contributed by atoms with van der Waals surface area (Å²) in [6, 6.07) is 5.87. The fraction of sp³-hybridized carbons (Fsp3) is 0.625. The molecule has 1 aromatic heterocycles. The minimum atomic E-state index is 0.213. The Morgan fingerprint density at radius 2 is 1.86 bits per heavy atom. The van der Waals surface area contributed by atoms with Crippen molar-refractivity contribution in [1.29, 1.82) is 0 Å². The van der Waals surface area contributed by atoms with Crippen LogP contribution in [0.4, 0.5) is 0 Å². The van der Waals surface area contributed by atoms with Gasteiger partial charge in [-0.25, -0.2) is 0 Å². The van der Waals surface area contributed by atoms with Gasteiger partial charge in [0.05, 0.1) is 12.7 Å². The summed E-state index contributed by atoms with van der Waals surface area (Å²) in [4.78, 5) is 18.7. The number of ether oxygens (including phenoxy) is 1. The van der Waals surface area contributed by atoms with Gasteiger partial charge < -0.3 is 14.6 Å². The standard InChI is InChI=1S/C24H34N2O2/c1-28-24-20-11-14-25-22(20)9-8-21(24)23(27)10-7-18-12-15-26(16-13-18)17-19-5-3-2-4-6-19/h8-9,11,14,18-19,25H,2-7,10,12-13,15-17H2,1H3. The molecule has 1 aliphatic heterocycles. The Balaban J connectivity index is 1.26. The average molecular weight is 383 g/mol. The van der Waals surface area contributed by atoms with Gasteiger partial charge in [-0.05, 0) is 75.2 Å². The molecule has 0 spiro atoms. The van der Waals surface area contributed by atoms with E-state index in [2.05, 4.69) is 9.88 Å². The Hall–Kier alpha value is -1.81. The zero-order valence-corrected chi connectivity index (χ0v) is 17.2. The maximum atomic E-state index is 12.9. The van der Waals surface area contributed by atoms with Crippen LogP contribution in [0, 0.1) is 11.8 Å². The van der Waals surface area contributed by atoms with Gasteiger partial charge in [-0.1, -0.05) is 19.3 Å². The summed E-state index contributed by atoms with van der Waals surface area (Å²) in [5, 5.41) is 0.990. The molecule has 2 heterocycles. The van der Waals surface area contributed by atoms with Crippen LogP contribution in [0.15, 0.2) is 24.4 Å². The van der Waals surface area contributed by atoms with E-state index in [4.69, 9.17) is 4.74 Å². The lowest BCUT2D eigenvalue weighted by Crippen LogP contribution is -2.37. The summed E-state index contributed by atoms with van der Waals surface area (Å²) in [7, 11) is 1.65. The molecule has 1 saturated carbocycles. The second kappa shape index (κ2) is 9.13. The summed E-state index contributed by atoms with van der Waals surface area (Å²) in [5.74, 6) is 2.55. The molecule has 1 aliphatic carbocycles. The van der Waals surface area contributed by atoms with Crippen molar-refractivity contribution in [3.05, 3.63) is 30.0 Å². The van der Waals surface area contributed by atoms with Gasteiger partial charge >= 0.3 is 0 Å². The number of nitrogens with one attached hydrogen (secondary N) is 1. The van der Waals surface area contributed by atoms with E-state index in [0.717, 1.165) is 28.8 Å². The molecule has 28 heavy (non-hydrogen) atoms. The molecule has 152 valence electrons. The topological polar surface area (TPSA) is 45.3 Å². The fourth-order valence-electron chi connectivity index (χ4n) is 5.21. The number of fused-ring (bicyclic) bond motifs is 1. The van der Waals surface area contributed by atoms with Crippen molar-refractivity contribution in [2.24, 2.45) is 11.8 Å². The monoisotopic (exact) mass is 382 g/mol. The molecule has 2 aliphatic rings. The maximum Gasteiger partial charge on any atom is 0.166 e. The molecule has 0 bridgehead atoms. The Labute approximate surface area is 168 Å². The first-order valence-electron chi connectivity index (χ1n) is 11.1. The zero-order valence-electron chi connectivity index (χ0n) is 17.2. The van der Waals surface area contributed by atoms with Gasteiger partial charge in [0.25, 0.3) is 0 Å². The summed E-state index contributed by atoms with van der Waals surface area (Å²) < 4.78 is 5.57. The molecule has 1 saturated heterocycles. The van der Waals surface area contributed by atoms with Crippen LogP contribution in [0.5, 0.6) is 5.75 Å². The van der Waals surface area contributed by atoms with Crippen molar-refractivity contribution >= 4 is 16.7 Å². The highest BCUT2D eigenvalue weighted by Gasteiger charge is 2.24. The molecule has 4 rings (SSSR count). The van der Waals surface area contributed by atoms with E-state index in [1.165, 1.54) is 64.6 Å². The van der Waals surface area contributed by atoms with Crippen LogP contribution in [-0.4, -0.2) is 42.4 Å². The number of carbonyl (C=O) groups excluding carboxylic acids is 1. The quantitative estimate of drug-likeness (QED) is 0.649. The van der Waals surface area contributed by atoms with Gasteiger partial charge in [0.15, 0.2) is 5.78 Å². The predicted octanol–water partition coefficient (Wildman–Crippen LogP) is 5.43. The molecule has 0 unspecified atom stereocenters. The van der Waals surface area contributed by atoms with Crippen LogP contribution in [0.2, 0.25) is 0 Å². The second-order valence-corrected chi connectivity index (χ2v) is 8.80. The molecule has 4 nitrogen and oxygen atoms in total. The van der Waals surface area contributed by atoms with Gasteiger partial charge in [-0.15, -0.1) is 0 Å². The van der Waals surface area contributed by atoms with E-state index in [1.54, 1.807) is 7.11 Å². The third-order valence-corrected chi connectivity index (χ3v) is 6.92. The molecule has 0 radical (unpaired) electrons. The highest BCUT2D eigenvalue weighted by Crippen LogP contribution is 2.32. The second-order valence-electron chi connectivity index (χ2n) is 8.80. The van der Waals surface area contributed by atoms with E-state index < -0.39 is 0 Å². The smallest absolute Gasteiger partial charge is 0.166 e. The highest BCUT2D eigenvalue weighted by atomic mass is 16.5. The lowest BCUT2D eigenvalue weighted by atomic mass is 9.87. The van der Waals surface area contributed by atoms with Crippen LogP contribution in [-0.2, 0) is 0 Å². The summed E-state index contributed by atoms with van der Waals surface area (Å²) in [6.07, 6.45) is 13.2. The summed E-state index contributed by atoms with van der Waals surface area (Å²) >= 11 is 0. The lowest BCUT2D eigenvalue weighted by molar-refractivity contribution is 0.0954. The number of H-pyrrole nitrogens is 1. The lowest BCUT2D eigenvalue weighted by Gasteiger charge is -2.35. The number of piperidine rings is 1. The first-order chi connectivity index (χ1) is 13.7. The minimum absolute atomic E-state index is 0.213. The Bertz CT molecular complexity index is 783. The van der Waals surface area contributed by atoms with Crippen LogP contribution >= 0.6 is 0 Å². The van der Waals surface area contributed by atoms with Gasteiger partial charge in [0, 0.05) is 30.1 Å². The van der Waals surface area contributed by atoms with E-state index in [9.17, 15) is 4.79 Å². The third-order valence-electron chi connectivity index (χ3n) is 6.92. The normalized spacial score (nSPS) is 19.9. The maximum absolute atomic E-state index is 12.9. The molecule has 0 amide bonds. The van der Waals surface area contributed by atoms with Gasteiger partial charge in [0.1, 0.15) is 5.75 Å². The van der Waals surface area contributed by atoms with Crippen LogP contribution in [0.3, 0.4) is 0 Å². The largest absolute Gasteiger partial charge is 0.495 e. The zero-order chi connectivity index (χ0) is 19.3. The van der Waals surface area contributed by atoms with Crippen LogP contribution in [0.1, 0.15) is 68.1 Å². The number of hydrogen-bond acceptors (Lipinski definition) is 3. The SMILES string of the molecule is COc1c(C(=O)CCC2CCN(CC3CCCCC3)CC2)ccc2[nH]ccc12. The molecular formula is C24H34N2O2. The third kappa shape index (κ3) is 4.43. The van der Waals surface area contributed by atoms with Crippen molar-refractivity contribution in [3.8, 4) is 5.75 Å². The summed E-state index contributed by atoms with van der Waals surface area (Å²) in [5.41, 5.74) is 1.74. The van der Waals surface area contributed by atoms with E-state index in [-0.39, 0.29) is 5.78 Å². The van der Waals surface area contributed by atoms with Gasteiger partial charge in [-0.2, -0.15) is 0 Å². The molecule has 0 atom stereocenters. The first kappa shape index (κ1) is 19.5. The number of benzene rings is 1. The molecule has 2 aromatic rings. The number of nitrogens with zero attached hydrogens (tertiary/aromatic N) is 1. The predicted molar refractivity (Wildman–Crippen MR) is 114 cm³/mol. The van der Waals surface area contributed by atoms with Crippen molar-refractivity contribution < 1.29 is 9.53 Å². The number of methoxy groups -OCH3 is 1. The van der Waals surface area contributed by atoms with Gasteiger partial charge in [0.2, 0.25) is 0 Å². The van der Waals surface area contributed by atoms with E-state index in [1.807, 2.05) is 24.4 Å². The Morgan fingerprint density at radius 1 is 1.07 bits per heavy atom. The molecule has 2 fully saturated rings. The number of Topliss-reactive ketones (excluding diaryl/α,β-unsaturated/α-hetero) is 1. The molecule has 4 heteroatoms. The number of aromatic nitrogens is 1. The van der Waals surface area contributed by atoms with Crippen molar-refractivity contribution in [1.82, 2.24) is 9.88 Å². The molecular weight excluding hydrogens is 348 g/mol. The highest BCUT2D eigenvalue weighted by molar-refractivity contribution is 6.04. The number of hydrogen-bond donors (Lipinski definition) is 1. The first-order valence-corrected chi connectivity index (χ1v) is 11.1. The number of likely N-dealkylation sites (tertiary alicyclic amines) is 1.